The van der Waals surface area contributed by atoms with Crippen molar-refractivity contribution in [3.63, 3.8) is 0 Å². The number of rotatable bonds is 7. The zero-order valence-electron chi connectivity index (χ0n) is 13.1. The minimum absolute atomic E-state index is 0.0223. The zero-order valence-corrected chi connectivity index (χ0v) is 13.1. The van der Waals surface area contributed by atoms with Gasteiger partial charge in [0.25, 0.3) is 0 Å². The molecule has 1 unspecified atom stereocenters. The van der Waals surface area contributed by atoms with E-state index in [0.717, 1.165) is 12.8 Å². The van der Waals surface area contributed by atoms with Crippen molar-refractivity contribution in [3.05, 3.63) is 0 Å². The molecule has 2 atom stereocenters. The van der Waals surface area contributed by atoms with Crippen molar-refractivity contribution < 1.29 is 19.5 Å². The van der Waals surface area contributed by atoms with E-state index in [1.54, 1.807) is 4.90 Å². The third-order valence-electron chi connectivity index (χ3n) is 3.66. The third-order valence-corrected chi connectivity index (χ3v) is 3.66. The van der Waals surface area contributed by atoms with Gasteiger partial charge in [-0.2, -0.15) is 0 Å². The van der Waals surface area contributed by atoms with E-state index >= 15 is 0 Å². The second kappa shape index (κ2) is 8.00. The number of amides is 2. The van der Waals surface area contributed by atoms with Crippen LogP contribution >= 0.6 is 0 Å². The summed E-state index contributed by atoms with van der Waals surface area (Å²) >= 11 is 0. The Morgan fingerprint density at radius 2 is 2.00 bits per heavy atom. The van der Waals surface area contributed by atoms with E-state index in [4.69, 9.17) is 0 Å². The van der Waals surface area contributed by atoms with Crippen molar-refractivity contribution in [3.8, 4) is 0 Å². The second-order valence-corrected chi connectivity index (χ2v) is 6.02. The Morgan fingerprint density at radius 3 is 2.52 bits per heavy atom. The van der Waals surface area contributed by atoms with Crippen molar-refractivity contribution in [1.29, 1.82) is 0 Å². The molecule has 0 spiro atoms. The molecule has 0 radical (unpaired) electrons. The Balaban J connectivity index is 2.67. The Hall–Kier alpha value is -1.59. The lowest BCUT2D eigenvalue weighted by Gasteiger charge is -2.26. The van der Waals surface area contributed by atoms with Crippen molar-refractivity contribution in [2.45, 2.75) is 65.0 Å². The number of nitrogens with one attached hydrogen (secondary N) is 1. The molecular formula is C15H26N2O4. The predicted molar refractivity (Wildman–Crippen MR) is 78.7 cm³/mol. The van der Waals surface area contributed by atoms with Gasteiger partial charge in [-0.3, -0.25) is 9.59 Å². The van der Waals surface area contributed by atoms with Crippen LogP contribution in [-0.4, -0.2) is 46.4 Å². The second-order valence-electron chi connectivity index (χ2n) is 6.02. The maximum atomic E-state index is 12.3. The Morgan fingerprint density at radius 1 is 1.33 bits per heavy atom. The van der Waals surface area contributed by atoms with Crippen LogP contribution in [-0.2, 0) is 14.4 Å². The van der Waals surface area contributed by atoms with Crippen molar-refractivity contribution in [2.75, 3.05) is 6.54 Å². The molecule has 120 valence electrons. The summed E-state index contributed by atoms with van der Waals surface area (Å²) in [4.78, 5) is 37.1. The van der Waals surface area contributed by atoms with E-state index in [-0.39, 0.29) is 17.7 Å². The van der Waals surface area contributed by atoms with Crippen LogP contribution in [0.5, 0.6) is 0 Å². The minimum Gasteiger partial charge on any atom is -0.480 e. The van der Waals surface area contributed by atoms with Crippen LogP contribution < -0.4 is 5.32 Å². The zero-order chi connectivity index (χ0) is 16.0. The van der Waals surface area contributed by atoms with Gasteiger partial charge in [0.15, 0.2) is 0 Å². The van der Waals surface area contributed by atoms with Crippen LogP contribution in [0.3, 0.4) is 0 Å². The van der Waals surface area contributed by atoms with Gasteiger partial charge in [-0.25, -0.2) is 4.79 Å². The fourth-order valence-electron chi connectivity index (χ4n) is 2.66. The molecule has 0 aromatic rings. The van der Waals surface area contributed by atoms with Gasteiger partial charge < -0.3 is 15.3 Å². The fourth-order valence-corrected chi connectivity index (χ4v) is 2.66. The molecule has 0 aromatic carbocycles. The van der Waals surface area contributed by atoms with Crippen LogP contribution in [0, 0.1) is 5.92 Å². The van der Waals surface area contributed by atoms with Crippen LogP contribution in [0.2, 0.25) is 0 Å². The summed E-state index contributed by atoms with van der Waals surface area (Å²) in [7, 11) is 0. The molecule has 1 saturated heterocycles. The summed E-state index contributed by atoms with van der Waals surface area (Å²) in [5, 5.41) is 11.8. The maximum Gasteiger partial charge on any atom is 0.326 e. The van der Waals surface area contributed by atoms with E-state index < -0.39 is 18.1 Å². The summed E-state index contributed by atoms with van der Waals surface area (Å²) in [5.74, 6) is -1.22. The summed E-state index contributed by atoms with van der Waals surface area (Å²) in [6, 6.07) is -1.40. The van der Waals surface area contributed by atoms with Gasteiger partial charge in [-0.05, 0) is 31.6 Å². The highest BCUT2D eigenvalue weighted by molar-refractivity contribution is 5.90. The van der Waals surface area contributed by atoms with Crippen molar-refractivity contribution in [1.82, 2.24) is 10.2 Å². The van der Waals surface area contributed by atoms with Gasteiger partial charge in [0.05, 0.1) is 0 Å². The first-order chi connectivity index (χ1) is 9.86. The molecule has 1 aliphatic rings. The van der Waals surface area contributed by atoms with Crippen molar-refractivity contribution in [2.24, 2.45) is 5.92 Å². The number of hydrogen-bond acceptors (Lipinski definition) is 3. The molecule has 1 heterocycles. The van der Waals surface area contributed by atoms with Crippen molar-refractivity contribution >= 4 is 17.8 Å². The standard InChI is InChI=1S/C15H26N2O4/c1-4-6-13(18)17-8-5-7-12(17)14(19)16-11(15(20)21)9-10(2)3/h10-12H,4-9H2,1-3H3,(H,16,19)(H,20,21)/t11-,12?/m1/s1. The number of aliphatic carboxylic acids is 1. The van der Waals surface area contributed by atoms with Crippen LogP contribution in [0.4, 0.5) is 0 Å². The molecule has 2 amide bonds. The fraction of sp³-hybridized carbons (Fsp3) is 0.800. The van der Waals surface area contributed by atoms with Gasteiger partial charge in [-0.15, -0.1) is 0 Å². The molecule has 1 fully saturated rings. The van der Waals surface area contributed by atoms with Gasteiger partial charge in [0.1, 0.15) is 12.1 Å². The third kappa shape index (κ3) is 5.02. The molecular weight excluding hydrogens is 272 g/mol. The van der Waals surface area contributed by atoms with Crippen LogP contribution in [0.15, 0.2) is 0 Å². The number of likely N-dealkylation sites (tertiary alicyclic amines) is 1. The molecule has 0 aromatic heterocycles. The number of carbonyl (C=O) groups is 3. The SMILES string of the molecule is CCCC(=O)N1CCCC1C(=O)N[C@H](CC(C)C)C(=O)O. The molecule has 1 rings (SSSR count). The number of carbonyl (C=O) groups excluding carboxylic acids is 2. The molecule has 1 aliphatic heterocycles. The summed E-state index contributed by atoms with van der Waals surface area (Å²) in [6.07, 6.45) is 2.95. The lowest BCUT2D eigenvalue weighted by Crippen LogP contribution is -2.51. The molecule has 0 bridgehead atoms. The first-order valence-corrected chi connectivity index (χ1v) is 7.69. The average molecular weight is 298 g/mol. The Kier molecular flexibility index (Phi) is 6.65. The highest BCUT2D eigenvalue weighted by Crippen LogP contribution is 2.19. The van der Waals surface area contributed by atoms with Gasteiger partial charge in [-0.1, -0.05) is 20.8 Å². The van der Waals surface area contributed by atoms with E-state index in [9.17, 15) is 19.5 Å². The van der Waals surface area contributed by atoms with E-state index in [0.29, 0.717) is 25.8 Å². The normalized spacial score (nSPS) is 19.6. The van der Waals surface area contributed by atoms with Crippen LogP contribution in [0.1, 0.15) is 52.9 Å². The molecule has 0 aliphatic carbocycles. The largest absolute Gasteiger partial charge is 0.480 e. The number of carboxylic acids is 1. The minimum atomic E-state index is -1.03. The van der Waals surface area contributed by atoms with E-state index in [2.05, 4.69) is 5.32 Å². The average Bonchev–Trinajstić information content (AvgIpc) is 2.86. The highest BCUT2D eigenvalue weighted by Gasteiger charge is 2.35. The smallest absolute Gasteiger partial charge is 0.326 e. The highest BCUT2D eigenvalue weighted by atomic mass is 16.4. The van der Waals surface area contributed by atoms with Gasteiger partial charge in [0.2, 0.25) is 11.8 Å². The summed E-state index contributed by atoms with van der Waals surface area (Å²) in [6.45, 7) is 6.33. The molecule has 0 saturated carbocycles. The maximum absolute atomic E-state index is 12.3. The monoisotopic (exact) mass is 298 g/mol. The molecule has 2 N–H and O–H groups in total. The molecule has 6 heteroatoms. The first-order valence-electron chi connectivity index (χ1n) is 7.69. The molecule has 6 nitrogen and oxygen atoms in total. The topological polar surface area (TPSA) is 86.7 Å². The lowest BCUT2D eigenvalue weighted by atomic mass is 10.0. The lowest BCUT2D eigenvalue weighted by molar-refractivity contribution is -0.144. The predicted octanol–water partition coefficient (Wildman–Crippen LogP) is 1.39. The summed E-state index contributed by atoms with van der Waals surface area (Å²) in [5.41, 5.74) is 0. The number of hydrogen-bond donors (Lipinski definition) is 2. The number of carboxylic acid groups (broad SMARTS) is 1. The molecule has 21 heavy (non-hydrogen) atoms. The Bertz CT molecular complexity index is 395. The number of nitrogens with zero attached hydrogens (tertiary/aromatic N) is 1. The van der Waals surface area contributed by atoms with Crippen LogP contribution in [0.25, 0.3) is 0 Å². The quantitative estimate of drug-likeness (QED) is 0.743. The Labute approximate surface area is 125 Å². The van der Waals surface area contributed by atoms with Gasteiger partial charge >= 0.3 is 5.97 Å². The summed E-state index contributed by atoms with van der Waals surface area (Å²) < 4.78 is 0. The van der Waals surface area contributed by atoms with E-state index in [1.165, 1.54) is 0 Å². The van der Waals surface area contributed by atoms with Gasteiger partial charge in [0, 0.05) is 13.0 Å². The first kappa shape index (κ1) is 17.5. The van der Waals surface area contributed by atoms with E-state index in [1.807, 2.05) is 20.8 Å².